The number of para-hydroxylation sites is 1. The first-order valence-electron chi connectivity index (χ1n) is 10.5. The summed E-state index contributed by atoms with van der Waals surface area (Å²) in [7, 11) is 5.30. The van der Waals surface area contributed by atoms with Gasteiger partial charge < -0.3 is 19.5 Å². The van der Waals surface area contributed by atoms with E-state index in [9.17, 15) is 5.11 Å². The van der Waals surface area contributed by atoms with Crippen molar-refractivity contribution >= 4 is 16.7 Å². The van der Waals surface area contributed by atoms with E-state index in [2.05, 4.69) is 17.0 Å². The number of methoxy groups -OCH3 is 2. The highest BCUT2D eigenvalue weighted by molar-refractivity contribution is 5.91. The van der Waals surface area contributed by atoms with Crippen molar-refractivity contribution in [2.75, 3.05) is 32.7 Å². The van der Waals surface area contributed by atoms with Gasteiger partial charge in [-0.1, -0.05) is 24.3 Å². The predicted molar refractivity (Wildman–Crippen MR) is 128 cm³/mol. The molecule has 1 N–H and O–H groups in total. The van der Waals surface area contributed by atoms with Crippen molar-refractivity contribution in [1.29, 1.82) is 0 Å². The summed E-state index contributed by atoms with van der Waals surface area (Å²) in [6.07, 6.45) is 0.806. The van der Waals surface area contributed by atoms with E-state index in [1.165, 1.54) is 0 Å². The Morgan fingerprint density at radius 3 is 2.44 bits per heavy atom. The third-order valence-corrected chi connectivity index (χ3v) is 5.52. The Morgan fingerprint density at radius 1 is 0.906 bits per heavy atom. The average Bonchev–Trinajstić information content (AvgIpc) is 2.81. The van der Waals surface area contributed by atoms with Gasteiger partial charge in [0.1, 0.15) is 11.6 Å². The van der Waals surface area contributed by atoms with Crippen molar-refractivity contribution in [1.82, 2.24) is 9.97 Å². The van der Waals surface area contributed by atoms with Crippen LogP contribution in [-0.2, 0) is 6.42 Å². The zero-order valence-corrected chi connectivity index (χ0v) is 18.8. The second-order valence-electron chi connectivity index (χ2n) is 7.77. The van der Waals surface area contributed by atoms with Crippen LogP contribution in [0.1, 0.15) is 11.1 Å². The van der Waals surface area contributed by atoms with Crippen LogP contribution in [0.5, 0.6) is 17.2 Å². The number of rotatable bonds is 7. The van der Waals surface area contributed by atoms with E-state index in [1.54, 1.807) is 26.4 Å². The molecular weight excluding hydrogens is 402 g/mol. The SMILES string of the molecule is COc1ccc(CCN(C)c2nc(-c3ccccc3O)nc3cc(C)ccc23)cc1OC. The van der Waals surface area contributed by atoms with E-state index in [0.717, 1.165) is 46.6 Å². The van der Waals surface area contributed by atoms with Crippen molar-refractivity contribution in [2.24, 2.45) is 0 Å². The molecule has 0 saturated heterocycles. The summed E-state index contributed by atoms with van der Waals surface area (Å²) in [4.78, 5) is 11.7. The van der Waals surface area contributed by atoms with Gasteiger partial charge in [0, 0.05) is 19.0 Å². The monoisotopic (exact) mass is 429 g/mol. The Morgan fingerprint density at radius 2 is 1.69 bits per heavy atom. The maximum Gasteiger partial charge on any atom is 0.165 e. The molecule has 0 saturated carbocycles. The largest absolute Gasteiger partial charge is 0.507 e. The number of phenols is 1. The van der Waals surface area contributed by atoms with Gasteiger partial charge >= 0.3 is 0 Å². The molecule has 4 aromatic rings. The third-order valence-electron chi connectivity index (χ3n) is 5.52. The number of fused-ring (bicyclic) bond motifs is 1. The van der Waals surface area contributed by atoms with Gasteiger partial charge in [-0.05, 0) is 60.9 Å². The number of aryl methyl sites for hydroxylation is 1. The molecule has 0 aliphatic heterocycles. The lowest BCUT2D eigenvalue weighted by atomic mass is 10.1. The summed E-state index contributed by atoms with van der Waals surface area (Å²) in [5, 5.41) is 11.3. The summed E-state index contributed by atoms with van der Waals surface area (Å²) < 4.78 is 10.8. The number of nitrogens with zero attached hydrogens (tertiary/aromatic N) is 3. The maximum atomic E-state index is 10.3. The van der Waals surface area contributed by atoms with Crippen LogP contribution in [0.3, 0.4) is 0 Å². The first kappa shape index (κ1) is 21.4. The van der Waals surface area contributed by atoms with Crippen molar-refractivity contribution in [3.8, 4) is 28.6 Å². The van der Waals surface area contributed by atoms with Crippen molar-refractivity contribution in [3.63, 3.8) is 0 Å². The fourth-order valence-corrected chi connectivity index (χ4v) is 3.74. The second-order valence-corrected chi connectivity index (χ2v) is 7.77. The topological polar surface area (TPSA) is 67.7 Å². The summed E-state index contributed by atoms with van der Waals surface area (Å²) in [6.45, 7) is 2.79. The van der Waals surface area contributed by atoms with Gasteiger partial charge in [0.05, 0.1) is 25.3 Å². The lowest BCUT2D eigenvalue weighted by Crippen LogP contribution is -2.22. The Balaban J connectivity index is 1.69. The van der Waals surface area contributed by atoms with Gasteiger partial charge in [0.15, 0.2) is 17.3 Å². The molecule has 0 amide bonds. The Hall–Kier alpha value is -3.80. The van der Waals surface area contributed by atoms with Crippen molar-refractivity contribution < 1.29 is 14.6 Å². The van der Waals surface area contributed by atoms with Crippen LogP contribution in [0.2, 0.25) is 0 Å². The average molecular weight is 430 g/mol. The van der Waals surface area contributed by atoms with Crippen LogP contribution in [0.25, 0.3) is 22.3 Å². The van der Waals surface area contributed by atoms with Crippen LogP contribution in [0.15, 0.2) is 60.7 Å². The molecule has 4 rings (SSSR count). The molecule has 0 aliphatic rings. The van der Waals surface area contributed by atoms with Crippen LogP contribution >= 0.6 is 0 Å². The first-order valence-corrected chi connectivity index (χ1v) is 10.5. The Labute approximate surface area is 188 Å². The highest BCUT2D eigenvalue weighted by Crippen LogP contribution is 2.32. The van der Waals surface area contributed by atoms with Gasteiger partial charge in [-0.15, -0.1) is 0 Å². The molecule has 0 unspecified atom stereocenters. The molecule has 1 aromatic heterocycles. The third kappa shape index (κ3) is 4.30. The quantitative estimate of drug-likeness (QED) is 0.446. The maximum absolute atomic E-state index is 10.3. The number of aromatic nitrogens is 2. The minimum Gasteiger partial charge on any atom is -0.507 e. The number of aromatic hydroxyl groups is 1. The molecule has 0 aliphatic carbocycles. The lowest BCUT2D eigenvalue weighted by Gasteiger charge is -2.21. The van der Waals surface area contributed by atoms with E-state index < -0.39 is 0 Å². The molecule has 0 spiro atoms. The van der Waals surface area contributed by atoms with Crippen molar-refractivity contribution in [3.05, 3.63) is 71.8 Å². The minimum atomic E-state index is 0.165. The molecule has 0 atom stereocenters. The number of likely N-dealkylation sites (N-methyl/N-ethyl adjacent to an activating group) is 1. The van der Waals surface area contributed by atoms with E-state index in [4.69, 9.17) is 19.4 Å². The van der Waals surface area contributed by atoms with Gasteiger partial charge in [-0.2, -0.15) is 0 Å². The highest BCUT2D eigenvalue weighted by Gasteiger charge is 2.15. The summed E-state index contributed by atoms with van der Waals surface area (Å²) in [5.41, 5.74) is 3.74. The lowest BCUT2D eigenvalue weighted by molar-refractivity contribution is 0.354. The second kappa shape index (κ2) is 9.14. The highest BCUT2D eigenvalue weighted by atomic mass is 16.5. The van der Waals surface area contributed by atoms with Crippen LogP contribution < -0.4 is 14.4 Å². The number of phenolic OH excluding ortho intramolecular Hbond substituents is 1. The van der Waals surface area contributed by atoms with Gasteiger partial charge in [-0.3, -0.25) is 0 Å². The van der Waals surface area contributed by atoms with E-state index in [-0.39, 0.29) is 5.75 Å². The Bertz CT molecular complexity index is 1260. The fraction of sp³-hybridized carbons (Fsp3) is 0.231. The van der Waals surface area contributed by atoms with Crippen LogP contribution in [0.4, 0.5) is 5.82 Å². The van der Waals surface area contributed by atoms with Gasteiger partial charge in [-0.25, -0.2) is 9.97 Å². The molecule has 3 aromatic carbocycles. The predicted octanol–water partition coefficient (Wildman–Crippen LogP) is 5.01. The first-order chi connectivity index (χ1) is 15.5. The number of benzene rings is 3. The van der Waals surface area contributed by atoms with E-state index in [0.29, 0.717) is 17.1 Å². The smallest absolute Gasteiger partial charge is 0.165 e. The summed E-state index contributed by atoms with van der Waals surface area (Å²) in [5.74, 6) is 2.94. The number of anilines is 1. The fourth-order valence-electron chi connectivity index (χ4n) is 3.74. The molecule has 0 bridgehead atoms. The zero-order chi connectivity index (χ0) is 22.7. The number of ether oxygens (including phenoxy) is 2. The van der Waals surface area contributed by atoms with E-state index in [1.807, 2.05) is 50.4 Å². The van der Waals surface area contributed by atoms with Crippen LogP contribution in [0, 0.1) is 6.92 Å². The molecule has 0 radical (unpaired) electrons. The van der Waals surface area contributed by atoms with Gasteiger partial charge in [0.2, 0.25) is 0 Å². The molecule has 32 heavy (non-hydrogen) atoms. The van der Waals surface area contributed by atoms with Crippen molar-refractivity contribution in [2.45, 2.75) is 13.3 Å². The molecule has 6 heteroatoms. The zero-order valence-electron chi connectivity index (χ0n) is 18.8. The summed E-state index contributed by atoms with van der Waals surface area (Å²) in [6, 6.07) is 19.3. The summed E-state index contributed by atoms with van der Waals surface area (Å²) >= 11 is 0. The molecule has 0 fully saturated rings. The molecule has 1 heterocycles. The molecule has 164 valence electrons. The Kier molecular flexibility index (Phi) is 6.12. The number of hydrogen-bond acceptors (Lipinski definition) is 6. The van der Waals surface area contributed by atoms with Gasteiger partial charge in [0.25, 0.3) is 0 Å². The molecular formula is C26H27N3O3. The minimum absolute atomic E-state index is 0.165. The number of hydrogen-bond donors (Lipinski definition) is 1. The van der Waals surface area contributed by atoms with Crippen LogP contribution in [-0.4, -0.2) is 42.9 Å². The molecule has 6 nitrogen and oxygen atoms in total. The standard InChI is InChI=1S/C26H27N3O3/c1-17-9-11-19-21(15-17)27-25(20-7-5-6-8-22(20)30)28-26(19)29(2)14-13-18-10-12-23(31-3)24(16-18)32-4/h5-12,15-16,30H,13-14H2,1-4H3. The normalized spacial score (nSPS) is 10.9. The van der Waals surface area contributed by atoms with E-state index >= 15 is 0 Å².